The first-order valence-electron chi connectivity index (χ1n) is 7.97. The van der Waals surface area contributed by atoms with Crippen LogP contribution in [-0.2, 0) is 18.1 Å². The fraction of sp³-hybridized carbons (Fsp3) is 0.176. The largest absolute Gasteiger partial charge is 0.477 e. The average molecular weight is 434 g/mol. The molecule has 0 aliphatic carbocycles. The maximum Gasteiger partial charge on any atom is 0.354 e. The number of carbonyl (C=O) groups is 2. The van der Waals surface area contributed by atoms with E-state index in [2.05, 4.69) is 31.4 Å². The Hall–Kier alpha value is -3.14. The van der Waals surface area contributed by atoms with Crippen molar-refractivity contribution in [2.75, 3.05) is 5.32 Å². The summed E-state index contributed by atoms with van der Waals surface area (Å²) < 4.78 is 9.38. The number of nitrogens with zero attached hydrogens (tertiary/aromatic N) is 4. The van der Waals surface area contributed by atoms with Crippen molar-refractivity contribution < 1.29 is 19.4 Å². The quantitative estimate of drug-likeness (QED) is 0.564. The molecule has 27 heavy (non-hydrogen) atoms. The van der Waals surface area contributed by atoms with E-state index in [1.807, 2.05) is 24.3 Å². The second-order valence-corrected chi connectivity index (χ2v) is 6.45. The van der Waals surface area contributed by atoms with Crippen LogP contribution in [0.15, 0.2) is 53.4 Å². The van der Waals surface area contributed by atoms with Gasteiger partial charge < -0.3 is 15.2 Å². The van der Waals surface area contributed by atoms with Crippen molar-refractivity contribution in [1.82, 2.24) is 19.6 Å². The summed E-state index contributed by atoms with van der Waals surface area (Å²) in [6, 6.07) is 8.79. The molecule has 2 aromatic heterocycles. The van der Waals surface area contributed by atoms with E-state index >= 15 is 0 Å². The summed E-state index contributed by atoms with van der Waals surface area (Å²) in [4.78, 5) is 23.1. The van der Waals surface area contributed by atoms with Gasteiger partial charge in [-0.05, 0) is 30.3 Å². The molecular formula is C17H16BrN5O4. The lowest BCUT2D eigenvalue weighted by atomic mass is 10.3. The number of ether oxygens (including phenoxy) is 1. The molecule has 0 bridgehead atoms. The fourth-order valence-corrected chi connectivity index (χ4v) is 2.56. The highest BCUT2D eigenvalue weighted by atomic mass is 79.9. The molecular weight excluding hydrogens is 418 g/mol. The van der Waals surface area contributed by atoms with Crippen LogP contribution in [-0.4, -0.2) is 36.5 Å². The number of amides is 1. The van der Waals surface area contributed by atoms with E-state index in [1.165, 1.54) is 23.1 Å². The highest BCUT2D eigenvalue weighted by Gasteiger charge is 2.12. The Bertz CT molecular complexity index is 935. The van der Waals surface area contributed by atoms with Gasteiger partial charge in [0.2, 0.25) is 5.91 Å². The molecule has 0 aliphatic rings. The topological polar surface area (TPSA) is 111 Å². The molecule has 0 unspecified atom stereocenters. The molecule has 140 valence electrons. The number of carbonyl (C=O) groups excluding carboxylic acids is 1. The molecule has 9 nitrogen and oxygen atoms in total. The lowest BCUT2D eigenvalue weighted by molar-refractivity contribution is -0.116. The van der Waals surface area contributed by atoms with Gasteiger partial charge in [0.05, 0.1) is 24.6 Å². The SMILES string of the molecule is O=C(CCn1nccc1C(=O)O)Nc1cnn(COc2ccc(Br)cc2)c1. The Morgan fingerprint density at radius 3 is 2.70 bits per heavy atom. The van der Waals surface area contributed by atoms with Crippen molar-refractivity contribution in [2.45, 2.75) is 19.7 Å². The molecule has 0 atom stereocenters. The number of aromatic carboxylic acids is 1. The Balaban J connectivity index is 1.48. The zero-order valence-corrected chi connectivity index (χ0v) is 15.7. The minimum Gasteiger partial charge on any atom is -0.477 e. The first-order chi connectivity index (χ1) is 13.0. The summed E-state index contributed by atoms with van der Waals surface area (Å²) in [6.07, 6.45) is 4.63. The Labute approximate surface area is 162 Å². The predicted octanol–water partition coefficient (Wildman–Crippen LogP) is 2.61. The molecule has 3 aromatic rings. The number of hydrogen-bond acceptors (Lipinski definition) is 5. The molecule has 0 radical (unpaired) electrons. The van der Waals surface area contributed by atoms with Gasteiger partial charge in [0.15, 0.2) is 6.73 Å². The number of benzene rings is 1. The molecule has 0 fully saturated rings. The number of carboxylic acid groups (broad SMARTS) is 1. The molecule has 0 saturated heterocycles. The van der Waals surface area contributed by atoms with Crippen LogP contribution in [0.1, 0.15) is 16.9 Å². The van der Waals surface area contributed by atoms with Crippen molar-refractivity contribution in [3.05, 3.63) is 59.1 Å². The fourth-order valence-electron chi connectivity index (χ4n) is 2.29. The first kappa shape index (κ1) is 18.6. The van der Waals surface area contributed by atoms with E-state index in [1.54, 1.807) is 10.9 Å². The van der Waals surface area contributed by atoms with Gasteiger partial charge in [-0.1, -0.05) is 15.9 Å². The summed E-state index contributed by atoms with van der Waals surface area (Å²) in [5.41, 5.74) is 0.569. The van der Waals surface area contributed by atoms with E-state index in [9.17, 15) is 9.59 Å². The van der Waals surface area contributed by atoms with Crippen molar-refractivity contribution in [1.29, 1.82) is 0 Å². The van der Waals surface area contributed by atoms with Crippen LogP contribution in [0.25, 0.3) is 0 Å². The van der Waals surface area contributed by atoms with Gasteiger partial charge in [0.1, 0.15) is 11.4 Å². The smallest absolute Gasteiger partial charge is 0.354 e. The van der Waals surface area contributed by atoms with Crippen molar-refractivity contribution >= 4 is 33.5 Å². The van der Waals surface area contributed by atoms with Crippen LogP contribution in [0.4, 0.5) is 5.69 Å². The molecule has 2 heterocycles. The lowest BCUT2D eigenvalue weighted by Crippen LogP contribution is -2.17. The number of aryl methyl sites for hydroxylation is 1. The van der Waals surface area contributed by atoms with Gasteiger partial charge in [-0.3, -0.25) is 9.48 Å². The van der Waals surface area contributed by atoms with E-state index < -0.39 is 5.97 Å². The molecule has 10 heteroatoms. The Morgan fingerprint density at radius 1 is 1.19 bits per heavy atom. The normalized spacial score (nSPS) is 10.6. The standard InChI is InChI=1S/C17H16BrN5O4/c18-12-1-3-14(4-2-12)27-11-22-10-13(9-20-22)21-16(24)6-8-23-15(17(25)26)5-7-19-23/h1-5,7,9-10H,6,8,11H2,(H,21,24)(H,25,26). The highest BCUT2D eigenvalue weighted by Crippen LogP contribution is 2.16. The van der Waals surface area contributed by atoms with Gasteiger partial charge in [-0.15, -0.1) is 0 Å². The first-order valence-corrected chi connectivity index (χ1v) is 8.76. The predicted molar refractivity (Wildman–Crippen MR) is 99.4 cm³/mol. The lowest BCUT2D eigenvalue weighted by Gasteiger charge is -2.06. The van der Waals surface area contributed by atoms with Gasteiger partial charge in [-0.2, -0.15) is 10.2 Å². The second-order valence-electron chi connectivity index (χ2n) is 5.54. The van der Waals surface area contributed by atoms with Crippen LogP contribution in [0, 0.1) is 0 Å². The van der Waals surface area contributed by atoms with Gasteiger partial charge >= 0.3 is 5.97 Å². The zero-order chi connectivity index (χ0) is 19.2. The third-order valence-corrected chi connectivity index (χ3v) is 4.11. The average Bonchev–Trinajstić information content (AvgIpc) is 3.29. The number of rotatable bonds is 8. The summed E-state index contributed by atoms with van der Waals surface area (Å²) in [6.45, 7) is 0.369. The molecule has 1 amide bonds. The van der Waals surface area contributed by atoms with E-state index in [0.29, 0.717) is 11.4 Å². The van der Waals surface area contributed by atoms with E-state index in [-0.39, 0.29) is 31.3 Å². The Kier molecular flexibility index (Phi) is 5.87. The van der Waals surface area contributed by atoms with Crippen LogP contribution in [0.5, 0.6) is 5.75 Å². The third-order valence-electron chi connectivity index (χ3n) is 3.58. The number of carboxylic acids is 1. The van der Waals surface area contributed by atoms with Gasteiger partial charge in [0.25, 0.3) is 0 Å². The van der Waals surface area contributed by atoms with Crippen LogP contribution in [0.3, 0.4) is 0 Å². The monoisotopic (exact) mass is 433 g/mol. The number of nitrogens with one attached hydrogen (secondary N) is 1. The number of hydrogen-bond donors (Lipinski definition) is 2. The van der Waals surface area contributed by atoms with Crippen LogP contribution < -0.4 is 10.1 Å². The molecule has 3 rings (SSSR count). The maximum atomic E-state index is 12.0. The molecule has 0 spiro atoms. The summed E-state index contributed by atoms with van der Waals surface area (Å²) in [7, 11) is 0. The van der Waals surface area contributed by atoms with Gasteiger partial charge in [-0.25, -0.2) is 9.48 Å². The molecule has 0 aliphatic heterocycles. The molecule has 0 saturated carbocycles. The van der Waals surface area contributed by atoms with Crippen molar-refractivity contribution in [2.24, 2.45) is 0 Å². The number of halogens is 1. The summed E-state index contributed by atoms with van der Waals surface area (Å²) in [5.74, 6) is -0.650. The maximum absolute atomic E-state index is 12.0. The van der Waals surface area contributed by atoms with Crippen molar-refractivity contribution in [3.8, 4) is 5.75 Å². The summed E-state index contributed by atoms with van der Waals surface area (Å²) in [5, 5.41) is 19.7. The van der Waals surface area contributed by atoms with Crippen LogP contribution in [0.2, 0.25) is 0 Å². The molecule has 1 aromatic carbocycles. The Morgan fingerprint density at radius 2 is 1.96 bits per heavy atom. The van der Waals surface area contributed by atoms with Gasteiger partial charge in [0, 0.05) is 17.1 Å². The van der Waals surface area contributed by atoms with Crippen molar-refractivity contribution in [3.63, 3.8) is 0 Å². The summed E-state index contributed by atoms with van der Waals surface area (Å²) >= 11 is 3.36. The van der Waals surface area contributed by atoms with E-state index in [0.717, 1.165) is 4.47 Å². The molecule has 2 N–H and O–H groups in total. The highest BCUT2D eigenvalue weighted by molar-refractivity contribution is 9.10. The number of aromatic nitrogens is 4. The minimum absolute atomic E-state index is 0.0423. The minimum atomic E-state index is -1.08. The zero-order valence-electron chi connectivity index (χ0n) is 14.1. The number of anilines is 1. The third kappa shape index (κ3) is 5.17. The van der Waals surface area contributed by atoms with Crippen LogP contribution >= 0.6 is 15.9 Å². The second kappa shape index (κ2) is 8.49. The van der Waals surface area contributed by atoms with E-state index in [4.69, 9.17) is 9.84 Å².